The molecular formula is C2H6N4S. The maximum atomic E-state index is 3.73. The van der Waals surface area contributed by atoms with E-state index in [4.69, 9.17) is 0 Å². The predicted octanol–water partition coefficient (Wildman–Crippen LogP) is 0.561. The molecule has 0 bridgehead atoms. The van der Waals surface area contributed by atoms with Crippen molar-refractivity contribution in [3.63, 3.8) is 0 Å². The zero-order chi connectivity index (χ0) is 5.28. The van der Waals surface area contributed by atoms with Crippen molar-refractivity contribution in [1.29, 1.82) is 0 Å². The molecule has 1 heterocycles. The van der Waals surface area contributed by atoms with Crippen molar-refractivity contribution in [2.75, 3.05) is 13.3 Å². The number of hydrogen-bond acceptors (Lipinski definition) is 4. The third-order valence-corrected chi connectivity index (χ3v) is 1.85. The highest BCUT2D eigenvalue weighted by Crippen LogP contribution is 2.01. The number of rotatable bonds is 0. The molecule has 4 nitrogen and oxygen atoms in total. The number of nitrogens with zero attached hydrogens (tertiary/aromatic N) is 4. The maximum Gasteiger partial charge on any atom is 0.0398 e. The summed E-state index contributed by atoms with van der Waals surface area (Å²) in [5.41, 5.74) is 0. The lowest BCUT2D eigenvalue weighted by Gasteiger charge is -2.00. The fourth-order valence-electron chi connectivity index (χ4n) is 0.231. The van der Waals surface area contributed by atoms with E-state index in [1.165, 1.54) is 0 Å². The van der Waals surface area contributed by atoms with E-state index < -0.39 is 0 Å². The molecule has 0 aromatic heterocycles. The van der Waals surface area contributed by atoms with Gasteiger partial charge in [0.2, 0.25) is 0 Å². The molecule has 0 aliphatic carbocycles. The highest BCUT2D eigenvalue weighted by atomic mass is 32.2. The van der Waals surface area contributed by atoms with Crippen molar-refractivity contribution in [2.24, 2.45) is 14.9 Å². The van der Waals surface area contributed by atoms with E-state index in [1.807, 2.05) is 13.3 Å². The van der Waals surface area contributed by atoms with Crippen molar-refractivity contribution in [2.45, 2.75) is 0 Å². The van der Waals surface area contributed by atoms with E-state index in [-0.39, 0.29) is 10.9 Å². The van der Waals surface area contributed by atoms with Gasteiger partial charge in [0.1, 0.15) is 0 Å². The first-order chi connectivity index (χ1) is 3.30. The Morgan fingerprint density at radius 2 is 2.29 bits per heavy atom. The molecule has 0 aromatic carbocycles. The minimum absolute atomic E-state index is 0.0926. The van der Waals surface area contributed by atoms with Crippen LogP contribution in [-0.4, -0.2) is 17.7 Å². The minimum atomic E-state index is -0.0926. The van der Waals surface area contributed by atoms with Gasteiger partial charge in [-0.1, -0.05) is 4.47 Å². The lowest BCUT2D eigenvalue weighted by Crippen LogP contribution is -2.07. The Labute approximate surface area is 44.4 Å². The predicted molar refractivity (Wildman–Crippen MR) is 28.3 cm³/mol. The van der Waals surface area contributed by atoms with Crippen LogP contribution in [0.25, 0.3) is 0 Å². The van der Waals surface area contributed by atoms with Crippen LogP contribution in [0.2, 0.25) is 0 Å². The van der Waals surface area contributed by atoms with E-state index in [0.717, 1.165) is 0 Å². The van der Waals surface area contributed by atoms with Crippen LogP contribution in [0, 0.1) is 0 Å². The molecule has 0 saturated carbocycles. The van der Waals surface area contributed by atoms with E-state index >= 15 is 0 Å². The van der Waals surface area contributed by atoms with Crippen LogP contribution in [0.15, 0.2) is 14.9 Å². The highest BCUT2D eigenvalue weighted by molar-refractivity contribution is 7.84. The lowest BCUT2D eigenvalue weighted by atomic mass is 11.5. The summed E-state index contributed by atoms with van der Waals surface area (Å²) in [6.07, 6.45) is 1.96. The standard InChI is InChI=1S/C2H6N4S/c1-6-4-3-5-7(6)2/h1-2H3. The SMILES string of the molecule is CN1N=NN=S1C. The van der Waals surface area contributed by atoms with Gasteiger partial charge in [0.05, 0.1) is 0 Å². The second kappa shape index (κ2) is 1.57. The lowest BCUT2D eigenvalue weighted by molar-refractivity contribution is 0.576. The van der Waals surface area contributed by atoms with E-state index in [2.05, 4.69) is 14.9 Å². The van der Waals surface area contributed by atoms with Gasteiger partial charge in [-0.05, 0) is 10.4 Å². The molecule has 0 spiro atoms. The normalized spacial score (nSPS) is 28.3. The molecule has 1 atom stereocenters. The van der Waals surface area contributed by atoms with Crippen molar-refractivity contribution in [1.82, 2.24) is 4.41 Å². The zero-order valence-corrected chi connectivity index (χ0v) is 5.01. The van der Waals surface area contributed by atoms with Gasteiger partial charge < -0.3 is 0 Å². The summed E-state index contributed by atoms with van der Waals surface area (Å²) in [4.78, 5) is 0. The molecule has 0 aromatic rings. The third-order valence-electron chi connectivity index (χ3n) is 0.703. The van der Waals surface area contributed by atoms with Gasteiger partial charge in [-0.3, -0.25) is 0 Å². The van der Waals surface area contributed by atoms with Crippen LogP contribution < -0.4 is 0 Å². The maximum absolute atomic E-state index is 3.73. The first-order valence-electron chi connectivity index (χ1n) is 1.82. The second-order valence-electron chi connectivity index (χ2n) is 1.17. The Balaban J connectivity index is 2.69. The third kappa shape index (κ3) is 0.767. The molecule has 1 aliphatic heterocycles. The molecular weight excluding hydrogens is 112 g/mol. The summed E-state index contributed by atoms with van der Waals surface area (Å²) in [5.74, 6) is 0. The quantitative estimate of drug-likeness (QED) is 0.458. The van der Waals surface area contributed by atoms with E-state index in [0.29, 0.717) is 0 Å². The monoisotopic (exact) mass is 118 g/mol. The summed E-state index contributed by atoms with van der Waals surface area (Å²) >= 11 is 0. The summed E-state index contributed by atoms with van der Waals surface area (Å²) in [5, 5.41) is 7.05. The summed E-state index contributed by atoms with van der Waals surface area (Å²) in [6, 6.07) is 0. The fraction of sp³-hybridized carbons (Fsp3) is 1.00. The Morgan fingerprint density at radius 1 is 1.57 bits per heavy atom. The second-order valence-corrected chi connectivity index (χ2v) is 2.76. The summed E-state index contributed by atoms with van der Waals surface area (Å²) in [7, 11) is 1.76. The average Bonchev–Trinajstić information content (AvgIpc) is 1.91. The van der Waals surface area contributed by atoms with Crippen LogP contribution in [0.1, 0.15) is 0 Å². The fourth-order valence-corrected chi connectivity index (χ4v) is 0.614. The molecule has 0 N–H and O–H groups in total. The molecule has 7 heavy (non-hydrogen) atoms. The zero-order valence-electron chi connectivity index (χ0n) is 4.20. The van der Waals surface area contributed by atoms with Crippen LogP contribution >= 0.6 is 0 Å². The van der Waals surface area contributed by atoms with E-state index in [1.54, 1.807) is 4.41 Å². The molecule has 1 rings (SSSR count). The van der Waals surface area contributed by atoms with E-state index in [9.17, 15) is 0 Å². The van der Waals surface area contributed by atoms with Gasteiger partial charge in [-0.25, -0.2) is 4.41 Å². The van der Waals surface area contributed by atoms with Crippen molar-refractivity contribution >= 4 is 10.9 Å². The Bertz CT molecular complexity index is 128. The smallest absolute Gasteiger partial charge is 0.0398 e. The molecule has 0 radical (unpaired) electrons. The van der Waals surface area contributed by atoms with Crippen LogP contribution in [0.4, 0.5) is 0 Å². The van der Waals surface area contributed by atoms with Crippen molar-refractivity contribution < 1.29 is 0 Å². The number of hydrogen-bond donors (Lipinski definition) is 0. The Hall–Kier alpha value is -0.450. The van der Waals surface area contributed by atoms with Crippen molar-refractivity contribution in [3.8, 4) is 0 Å². The first-order valence-corrected chi connectivity index (χ1v) is 3.37. The highest BCUT2D eigenvalue weighted by Gasteiger charge is 1.99. The topological polar surface area (TPSA) is 40.3 Å². The summed E-state index contributed by atoms with van der Waals surface area (Å²) < 4.78 is 5.45. The average molecular weight is 118 g/mol. The van der Waals surface area contributed by atoms with Gasteiger partial charge in [-0.15, -0.1) is 0 Å². The van der Waals surface area contributed by atoms with Gasteiger partial charge >= 0.3 is 0 Å². The first kappa shape index (κ1) is 4.70. The molecule has 0 fully saturated rings. The molecule has 1 unspecified atom stereocenters. The van der Waals surface area contributed by atoms with Gasteiger partial charge in [0.15, 0.2) is 0 Å². The Kier molecular flexibility index (Phi) is 1.06. The van der Waals surface area contributed by atoms with Crippen LogP contribution in [0.5, 0.6) is 0 Å². The molecule has 0 amide bonds. The van der Waals surface area contributed by atoms with Gasteiger partial charge in [0.25, 0.3) is 0 Å². The minimum Gasteiger partial charge on any atom is -0.211 e. The molecule has 1 aliphatic rings. The van der Waals surface area contributed by atoms with Crippen LogP contribution in [0.3, 0.4) is 0 Å². The van der Waals surface area contributed by atoms with Crippen molar-refractivity contribution in [3.05, 3.63) is 0 Å². The van der Waals surface area contributed by atoms with Crippen LogP contribution in [-0.2, 0) is 10.9 Å². The molecule has 40 valence electrons. The molecule has 0 saturated heterocycles. The van der Waals surface area contributed by atoms with Gasteiger partial charge in [0, 0.05) is 24.2 Å². The molecule has 5 heteroatoms. The summed E-state index contributed by atoms with van der Waals surface area (Å²) in [6.45, 7) is 0. The largest absolute Gasteiger partial charge is 0.211 e. The Morgan fingerprint density at radius 3 is 2.43 bits per heavy atom. The van der Waals surface area contributed by atoms with Gasteiger partial charge in [-0.2, -0.15) is 0 Å².